The molecule has 3 nitrogen and oxygen atoms in total. The van der Waals surface area contributed by atoms with Crippen LogP contribution in [-0.2, 0) is 9.47 Å². The van der Waals surface area contributed by atoms with Crippen LogP contribution >= 0.6 is 0 Å². The quantitative estimate of drug-likeness (QED) is 0.648. The molecule has 0 spiro atoms. The van der Waals surface area contributed by atoms with Gasteiger partial charge in [0.1, 0.15) is 0 Å². The van der Waals surface area contributed by atoms with Crippen molar-refractivity contribution in [3.8, 4) is 0 Å². The Kier molecular flexibility index (Phi) is 5.05. The van der Waals surface area contributed by atoms with Gasteiger partial charge in [-0.1, -0.05) is 6.58 Å². The van der Waals surface area contributed by atoms with Gasteiger partial charge >= 0.3 is 0 Å². The second-order valence-electron chi connectivity index (χ2n) is 3.53. The maximum atomic E-state index is 5.49. The molecule has 0 aromatic carbocycles. The van der Waals surface area contributed by atoms with E-state index >= 15 is 0 Å². The molecule has 0 atom stereocenters. The summed E-state index contributed by atoms with van der Waals surface area (Å²) in [5.41, 5.74) is 6.36. The summed E-state index contributed by atoms with van der Waals surface area (Å²) in [7, 11) is 0. The first-order valence-corrected chi connectivity index (χ1v) is 4.85. The van der Waals surface area contributed by atoms with E-state index in [1.165, 1.54) is 0 Å². The van der Waals surface area contributed by atoms with E-state index in [0.717, 1.165) is 38.2 Å². The lowest BCUT2D eigenvalue weighted by molar-refractivity contribution is 0.0258. The van der Waals surface area contributed by atoms with Crippen molar-refractivity contribution in [1.82, 2.24) is 0 Å². The zero-order chi connectivity index (χ0) is 9.52. The Morgan fingerprint density at radius 3 is 2.77 bits per heavy atom. The van der Waals surface area contributed by atoms with Crippen molar-refractivity contribution in [1.29, 1.82) is 0 Å². The van der Waals surface area contributed by atoms with Gasteiger partial charge in [0.05, 0.1) is 6.61 Å². The minimum atomic E-state index is 0.522. The third-order valence-corrected chi connectivity index (χ3v) is 2.29. The molecular weight excluding hydrogens is 166 g/mol. The second-order valence-corrected chi connectivity index (χ2v) is 3.53. The summed E-state index contributed by atoms with van der Waals surface area (Å²) in [5, 5.41) is 0. The molecule has 0 aromatic rings. The predicted molar refractivity (Wildman–Crippen MR) is 52.6 cm³/mol. The summed E-state index contributed by atoms with van der Waals surface area (Å²) in [6.07, 6.45) is 2.24. The Labute approximate surface area is 79.9 Å². The smallest absolute Gasteiger partial charge is 0.0686 e. The molecular formula is C10H19NO2. The summed E-state index contributed by atoms with van der Waals surface area (Å²) in [6.45, 7) is 7.49. The van der Waals surface area contributed by atoms with Crippen LogP contribution in [0.25, 0.3) is 0 Å². The highest BCUT2D eigenvalue weighted by Crippen LogP contribution is 2.14. The van der Waals surface area contributed by atoms with Gasteiger partial charge in [-0.15, -0.1) is 0 Å². The lowest BCUT2D eigenvalue weighted by Crippen LogP contribution is -2.21. The maximum absolute atomic E-state index is 5.49. The Bertz CT molecular complexity index is 153. The lowest BCUT2D eigenvalue weighted by atomic mass is 10.0. The number of nitrogens with two attached hydrogens (primary N) is 1. The molecule has 0 saturated carbocycles. The van der Waals surface area contributed by atoms with Gasteiger partial charge in [0.2, 0.25) is 0 Å². The van der Waals surface area contributed by atoms with Crippen LogP contribution in [0.3, 0.4) is 0 Å². The second kappa shape index (κ2) is 6.13. The Hall–Kier alpha value is -0.380. The lowest BCUT2D eigenvalue weighted by Gasteiger charge is -2.21. The molecule has 1 rings (SSSR count). The Balaban J connectivity index is 2.01. The van der Waals surface area contributed by atoms with Gasteiger partial charge in [-0.25, -0.2) is 0 Å². The standard InChI is InChI=1S/C10H19NO2/c1-9(6-11)7-13-8-10-2-4-12-5-3-10/h10H,1-8,11H2. The normalized spacial score (nSPS) is 18.8. The summed E-state index contributed by atoms with van der Waals surface area (Å²) >= 11 is 0. The van der Waals surface area contributed by atoms with Crippen molar-refractivity contribution in [2.24, 2.45) is 11.7 Å². The van der Waals surface area contributed by atoms with E-state index in [9.17, 15) is 0 Å². The third kappa shape index (κ3) is 4.41. The molecule has 0 aromatic heterocycles. The molecule has 0 radical (unpaired) electrons. The minimum absolute atomic E-state index is 0.522. The van der Waals surface area contributed by atoms with Crippen LogP contribution in [0.2, 0.25) is 0 Å². The van der Waals surface area contributed by atoms with Crippen molar-refractivity contribution in [3.63, 3.8) is 0 Å². The van der Waals surface area contributed by atoms with E-state index in [1.54, 1.807) is 0 Å². The number of ether oxygens (including phenoxy) is 2. The largest absolute Gasteiger partial charge is 0.381 e. The van der Waals surface area contributed by atoms with E-state index in [0.29, 0.717) is 19.1 Å². The first-order chi connectivity index (χ1) is 6.33. The zero-order valence-electron chi connectivity index (χ0n) is 8.13. The van der Waals surface area contributed by atoms with Crippen molar-refractivity contribution in [3.05, 3.63) is 12.2 Å². The molecule has 1 aliphatic rings. The molecule has 0 unspecified atom stereocenters. The van der Waals surface area contributed by atoms with E-state index in [4.69, 9.17) is 15.2 Å². The van der Waals surface area contributed by atoms with Crippen LogP contribution in [0.5, 0.6) is 0 Å². The van der Waals surface area contributed by atoms with Crippen molar-refractivity contribution >= 4 is 0 Å². The summed E-state index contributed by atoms with van der Waals surface area (Å²) in [5.74, 6) is 0.666. The van der Waals surface area contributed by atoms with Gasteiger partial charge in [-0.2, -0.15) is 0 Å². The van der Waals surface area contributed by atoms with Crippen LogP contribution in [0.1, 0.15) is 12.8 Å². The Morgan fingerprint density at radius 1 is 1.46 bits per heavy atom. The fourth-order valence-electron chi connectivity index (χ4n) is 1.34. The highest BCUT2D eigenvalue weighted by atomic mass is 16.5. The van der Waals surface area contributed by atoms with Crippen LogP contribution in [-0.4, -0.2) is 33.0 Å². The average molecular weight is 185 g/mol. The van der Waals surface area contributed by atoms with E-state index in [-0.39, 0.29) is 0 Å². The van der Waals surface area contributed by atoms with Crippen LogP contribution in [0.15, 0.2) is 12.2 Å². The van der Waals surface area contributed by atoms with Crippen LogP contribution in [0, 0.1) is 5.92 Å². The fraction of sp³-hybridized carbons (Fsp3) is 0.800. The summed E-state index contributed by atoms with van der Waals surface area (Å²) in [6, 6.07) is 0. The minimum Gasteiger partial charge on any atom is -0.381 e. The molecule has 0 bridgehead atoms. The highest BCUT2D eigenvalue weighted by molar-refractivity contribution is 4.95. The van der Waals surface area contributed by atoms with E-state index in [1.807, 2.05) is 0 Å². The van der Waals surface area contributed by atoms with Gasteiger partial charge in [0.15, 0.2) is 0 Å². The monoisotopic (exact) mass is 185 g/mol. The maximum Gasteiger partial charge on any atom is 0.0686 e. The molecule has 1 saturated heterocycles. The molecule has 1 aliphatic heterocycles. The molecule has 2 N–H and O–H groups in total. The highest BCUT2D eigenvalue weighted by Gasteiger charge is 2.13. The van der Waals surface area contributed by atoms with Gasteiger partial charge in [0, 0.05) is 26.4 Å². The van der Waals surface area contributed by atoms with Gasteiger partial charge in [-0.05, 0) is 24.3 Å². The van der Waals surface area contributed by atoms with Crippen LogP contribution in [0.4, 0.5) is 0 Å². The van der Waals surface area contributed by atoms with Crippen molar-refractivity contribution < 1.29 is 9.47 Å². The van der Waals surface area contributed by atoms with Crippen molar-refractivity contribution in [2.45, 2.75) is 12.8 Å². The first-order valence-electron chi connectivity index (χ1n) is 4.85. The topological polar surface area (TPSA) is 44.5 Å². The molecule has 3 heteroatoms. The fourth-order valence-corrected chi connectivity index (χ4v) is 1.34. The van der Waals surface area contributed by atoms with Crippen molar-refractivity contribution in [2.75, 3.05) is 33.0 Å². The molecule has 1 heterocycles. The third-order valence-electron chi connectivity index (χ3n) is 2.29. The van der Waals surface area contributed by atoms with E-state index < -0.39 is 0 Å². The molecule has 13 heavy (non-hydrogen) atoms. The Morgan fingerprint density at radius 2 is 2.15 bits per heavy atom. The average Bonchev–Trinajstić information content (AvgIpc) is 2.19. The summed E-state index contributed by atoms with van der Waals surface area (Å²) < 4.78 is 10.7. The van der Waals surface area contributed by atoms with Gasteiger partial charge in [-0.3, -0.25) is 0 Å². The number of hydrogen-bond donors (Lipinski definition) is 1. The van der Waals surface area contributed by atoms with Gasteiger partial charge in [0.25, 0.3) is 0 Å². The molecule has 0 amide bonds. The van der Waals surface area contributed by atoms with Crippen LogP contribution < -0.4 is 5.73 Å². The zero-order valence-corrected chi connectivity index (χ0v) is 8.13. The SMILES string of the molecule is C=C(CN)COCC1CCOCC1. The van der Waals surface area contributed by atoms with E-state index in [2.05, 4.69) is 6.58 Å². The number of hydrogen-bond acceptors (Lipinski definition) is 3. The molecule has 76 valence electrons. The predicted octanol–water partition coefficient (Wildman–Crippen LogP) is 0.944. The first kappa shape index (κ1) is 10.7. The molecule has 0 aliphatic carbocycles. The molecule has 1 fully saturated rings. The summed E-state index contributed by atoms with van der Waals surface area (Å²) in [4.78, 5) is 0. The number of rotatable bonds is 5. The van der Waals surface area contributed by atoms with Gasteiger partial charge < -0.3 is 15.2 Å².